The van der Waals surface area contributed by atoms with Crippen molar-refractivity contribution in [1.29, 1.82) is 0 Å². The summed E-state index contributed by atoms with van der Waals surface area (Å²) in [5, 5.41) is 7.62. The van der Waals surface area contributed by atoms with Crippen LogP contribution >= 0.6 is 24.0 Å². The molecule has 32 heavy (non-hydrogen) atoms. The number of halogens is 2. The zero-order valence-electron chi connectivity index (χ0n) is 18.8. The van der Waals surface area contributed by atoms with Crippen LogP contribution in [0, 0.1) is 5.82 Å². The molecule has 1 heterocycles. The van der Waals surface area contributed by atoms with Crippen LogP contribution in [0.4, 0.5) is 4.39 Å². The molecule has 0 aliphatic carbocycles. The van der Waals surface area contributed by atoms with Crippen molar-refractivity contribution in [2.24, 2.45) is 4.99 Å². The molecule has 3 N–H and O–H groups in total. The normalized spacial score (nSPS) is 11.1. The topological polar surface area (TPSA) is 79.9 Å². The first-order chi connectivity index (χ1) is 15.1. The minimum Gasteiger partial charge on any atom is -0.496 e. The lowest BCUT2D eigenvalue weighted by atomic mass is 10.1. The highest BCUT2D eigenvalue weighted by atomic mass is 127. The second kappa shape index (κ2) is 12.4. The number of aromatic nitrogens is 1. The van der Waals surface area contributed by atoms with Crippen molar-refractivity contribution in [2.75, 3.05) is 34.4 Å². The third-order valence-corrected chi connectivity index (χ3v) is 4.97. The molecule has 0 aliphatic rings. The fourth-order valence-corrected chi connectivity index (χ4v) is 3.41. The molecule has 1 aromatic heterocycles. The van der Waals surface area contributed by atoms with Gasteiger partial charge in [-0.15, -0.1) is 24.0 Å². The maximum absolute atomic E-state index is 13.4. The molecule has 0 unspecified atom stereocenters. The molecule has 0 spiro atoms. The van der Waals surface area contributed by atoms with E-state index in [0.717, 1.165) is 35.0 Å². The Morgan fingerprint density at radius 1 is 1.03 bits per heavy atom. The van der Waals surface area contributed by atoms with Gasteiger partial charge in [0.15, 0.2) is 5.96 Å². The number of ether oxygens (including phenoxy) is 3. The molecule has 9 heteroatoms. The third-order valence-electron chi connectivity index (χ3n) is 4.97. The lowest BCUT2D eigenvalue weighted by Gasteiger charge is -2.15. The van der Waals surface area contributed by atoms with E-state index in [2.05, 4.69) is 20.6 Å². The average molecular weight is 556 g/mol. The Balaban J connectivity index is 0.00000363. The zero-order chi connectivity index (χ0) is 22.2. The van der Waals surface area contributed by atoms with Crippen molar-refractivity contribution in [3.05, 3.63) is 53.5 Å². The van der Waals surface area contributed by atoms with E-state index in [0.29, 0.717) is 36.3 Å². The highest BCUT2D eigenvalue weighted by Gasteiger charge is 2.13. The van der Waals surface area contributed by atoms with Gasteiger partial charge in [0.05, 0.1) is 33.4 Å². The predicted octanol–water partition coefficient (Wildman–Crippen LogP) is 4.25. The van der Waals surface area contributed by atoms with E-state index in [1.54, 1.807) is 27.4 Å². The Morgan fingerprint density at radius 3 is 2.38 bits per heavy atom. The van der Waals surface area contributed by atoms with Crippen molar-refractivity contribution in [3.8, 4) is 17.2 Å². The van der Waals surface area contributed by atoms with Crippen LogP contribution in [0.15, 0.2) is 41.5 Å². The minimum atomic E-state index is -0.245. The Morgan fingerprint density at radius 2 is 1.75 bits per heavy atom. The summed E-state index contributed by atoms with van der Waals surface area (Å²) < 4.78 is 29.7. The van der Waals surface area contributed by atoms with Gasteiger partial charge < -0.3 is 29.8 Å². The molecule has 174 valence electrons. The number of fused-ring (bicyclic) bond motifs is 1. The highest BCUT2D eigenvalue weighted by Crippen LogP contribution is 2.34. The molecule has 0 saturated heterocycles. The highest BCUT2D eigenvalue weighted by molar-refractivity contribution is 14.0. The molecule has 2 aromatic carbocycles. The van der Waals surface area contributed by atoms with Gasteiger partial charge in [-0.25, -0.2) is 9.38 Å². The van der Waals surface area contributed by atoms with Gasteiger partial charge in [-0.05, 0) is 37.1 Å². The van der Waals surface area contributed by atoms with Crippen molar-refractivity contribution >= 4 is 40.8 Å². The number of benzene rings is 2. The fraction of sp³-hybridized carbons (Fsp3) is 0.348. The van der Waals surface area contributed by atoms with Gasteiger partial charge in [-0.1, -0.05) is 0 Å². The SMILES string of the molecule is CCNC(=NCc1c(OC)cc(OC)cc1OC)NCCc1c[nH]c2cc(F)ccc12.I. The van der Waals surface area contributed by atoms with Gasteiger partial charge >= 0.3 is 0 Å². The van der Waals surface area contributed by atoms with E-state index in [1.165, 1.54) is 12.1 Å². The molecule has 0 radical (unpaired) electrons. The summed E-state index contributed by atoms with van der Waals surface area (Å²) in [6.45, 7) is 3.79. The van der Waals surface area contributed by atoms with E-state index in [1.807, 2.05) is 25.3 Å². The number of methoxy groups -OCH3 is 3. The molecule has 0 saturated carbocycles. The summed E-state index contributed by atoms with van der Waals surface area (Å²) in [5.74, 6) is 2.41. The summed E-state index contributed by atoms with van der Waals surface area (Å²) in [4.78, 5) is 7.81. The molecule has 0 bridgehead atoms. The zero-order valence-corrected chi connectivity index (χ0v) is 21.1. The lowest BCUT2D eigenvalue weighted by molar-refractivity contribution is 0.369. The van der Waals surface area contributed by atoms with E-state index in [-0.39, 0.29) is 29.8 Å². The van der Waals surface area contributed by atoms with Gasteiger partial charge in [0, 0.05) is 42.3 Å². The van der Waals surface area contributed by atoms with Gasteiger partial charge in [-0.3, -0.25) is 0 Å². The van der Waals surface area contributed by atoms with Crippen LogP contribution in [-0.4, -0.2) is 45.4 Å². The number of nitrogens with zero attached hydrogens (tertiary/aromatic N) is 1. The number of nitrogens with one attached hydrogen (secondary N) is 3. The van der Waals surface area contributed by atoms with E-state index < -0.39 is 0 Å². The number of rotatable bonds is 9. The molecule has 7 nitrogen and oxygen atoms in total. The molecule has 3 rings (SSSR count). The summed E-state index contributed by atoms with van der Waals surface area (Å²) in [6.07, 6.45) is 2.69. The Labute approximate surface area is 204 Å². The van der Waals surface area contributed by atoms with Crippen LogP contribution < -0.4 is 24.8 Å². The summed E-state index contributed by atoms with van der Waals surface area (Å²) in [5.41, 5.74) is 2.76. The van der Waals surface area contributed by atoms with Gasteiger partial charge in [0.2, 0.25) is 0 Å². The lowest BCUT2D eigenvalue weighted by Crippen LogP contribution is -2.38. The predicted molar refractivity (Wildman–Crippen MR) is 136 cm³/mol. The van der Waals surface area contributed by atoms with Crippen molar-refractivity contribution < 1.29 is 18.6 Å². The van der Waals surface area contributed by atoms with Gasteiger partial charge in [-0.2, -0.15) is 0 Å². The number of hydrogen-bond acceptors (Lipinski definition) is 4. The minimum absolute atomic E-state index is 0. The van der Waals surface area contributed by atoms with E-state index in [9.17, 15) is 4.39 Å². The number of aliphatic imine (C=N–C) groups is 1. The van der Waals surface area contributed by atoms with E-state index in [4.69, 9.17) is 14.2 Å². The molecule has 0 atom stereocenters. The first-order valence-electron chi connectivity index (χ1n) is 10.2. The fourth-order valence-electron chi connectivity index (χ4n) is 3.41. The summed E-state index contributed by atoms with van der Waals surface area (Å²) in [7, 11) is 4.82. The first kappa shape index (κ1) is 25.6. The number of guanidine groups is 1. The number of hydrogen-bond donors (Lipinski definition) is 3. The molecule has 0 amide bonds. The average Bonchev–Trinajstić information content (AvgIpc) is 3.18. The second-order valence-corrected chi connectivity index (χ2v) is 6.89. The third kappa shape index (κ3) is 6.18. The molecular formula is C23H30FIN4O3. The van der Waals surface area contributed by atoms with Crippen molar-refractivity contribution in [1.82, 2.24) is 15.6 Å². The Kier molecular flexibility index (Phi) is 9.89. The molecule has 0 aliphatic heterocycles. The largest absolute Gasteiger partial charge is 0.496 e. The van der Waals surface area contributed by atoms with E-state index >= 15 is 0 Å². The molecule has 3 aromatic rings. The maximum Gasteiger partial charge on any atom is 0.191 e. The standard InChI is InChI=1S/C23H29FN4O3.HI/c1-5-25-23(26-9-8-15-13-27-20-10-16(24)6-7-18(15)20)28-14-19-21(30-3)11-17(29-2)12-22(19)31-4;/h6-7,10-13,27H,5,8-9,14H2,1-4H3,(H2,25,26,28);1H. The second-order valence-electron chi connectivity index (χ2n) is 6.89. The van der Waals surface area contributed by atoms with Crippen LogP contribution in [0.25, 0.3) is 10.9 Å². The van der Waals surface area contributed by atoms with Gasteiger partial charge in [0.1, 0.15) is 23.1 Å². The van der Waals surface area contributed by atoms with Crippen LogP contribution in [0.2, 0.25) is 0 Å². The van der Waals surface area contributed by atoms with Crippen LogP contribution in [0.5, 0.6) is 17.2 Å². The van der Waals surface area contributed by atoms with Crippen LogP contribution in [0.3, 0.4) is 0 Å². The monoisotopic (exact) mass is 556 g/mol. The Bertz CT molecular complexity index is 1030. The summed E-state index contributed by atoms with van der Waals surface area (Å²) in [6, 6.07) is 8.42. The van der Waals surface area contributed by atoms with Crippen LogP contribution in [0.1, 0.15) is 18.1 Å². The number of aromatic amines is 1. The quantitative estimate of drug-likeness (QED) is 0.209. The first-order valence-corrected chi connectivity index (χ1v) is 10.2. The maximum atomic E-state index is 13.4. The number of H-pyrrole nitrogens is 1. The van der Waals surface area contributed by atoms with Gasteiger partial charge in [0.25, 0.3) is 0 Å². The molecular weight excluding hydrogens is 526 g/mol. The Hall–Kier alpha value is -2.69. The molecule has 0 fully saturated rings. The van der Waals surface area contributed by atoms with Crippen molar-refractivity contribution in [2.45, 2.75) is 19.9 Å². The van der Waals surface area contributed by atoms with Crippen molar-refractivity contribution in [3.63, 3.8) is 0 Å². The van der Waals surface area contributed by atoms with Crippen LogP contribution in [-0.2, 0) is 13.0 Å². The summed E-state index contributed by atoms with van der Waals surface area (Å²) >= 11 is 0. The smallest absolute Gasteiger partial charge is 0.191 e.